The summed E-state index contributed by atoms with van der Waals surface area (Å²) in [6, 6.07) is 21.1. The molecule has 3 aromatic carbocycles. The van der Waals surface area contributed by atoms with Gasteiger partial charge in [-0.1, -0.05) is 35.3 Å². The number of rotatable bonds is 5. The molecule has 0 aliphatic carbocycles. The van der Waals surface area contributed by atoms with Crippen LogP contribution in [0.4, 0.5) is 11.5 Å². The molecule has 0 spiro atoms. The van der Waals surface area contributed by atoms with Crippen molar-refractivity contribution in [3.8, 4) is 17.1 Å². The predicted molar refractivity (Wildman–Crippen MR) is 120 cm³/mol. The number of hydrogen-bond donors (Lipinski definition) is 1. The van der Waals surface area contributed by atoms with Crippen LogP contribution < -0.4 is 10.1 Å². The standard InChI is InChI=1S/C23H19Cl2N3O/c1-14(2)29-17-10-7-15(8-11-17)22-27-21-6-4-3-5-18(21)23(28-22)26-16-9-12-19(24)20(25)13-16/h3-14H,1-2H3,(H,26,27,28). The second-order valence-electron chi connectivity index (χ2n) is 6.86. The van der Waals surface area contributed by atoms with Gasteiger partial charge in [0.25, 0.3) is 0 Å². The van der Waals surface area contributed by atoms with Crippen molar-refractivity contribution in [2.24, 2.45) is 0 Å². The highest BCUT2D eigenvalue weighted by molar-refractivity contribution is 6.42. The second kappa shape index (κ2) is 8.27. The fourth-order valence-corrected chi connectivity index (χ4v) is 3.26. The maximum absolute atomic E-state index is 6.16. The van der Waals surface area contributed by atoms with Gasteiger partial charge < -0.3 is 10.1 Å². The molecule has 1 N–H and O–H groups in total. The van der Waals surface area contributed by atoms with E-state index in [1.807, 2.05) is 68.4 Å². The van der Waals surface area contributed by atoms with E-state index in [0.29, 0.717) is 21.7 Å². The second-order valence-corrected chi connectivity index (χ2v) is 7.67. The van der Waals surface area contributed by atoms with Crippen LogP contribution in [-0.2, 0) is 0 Å². The van der Waals surface area contributed by atoms with E-state index < -0.39 is 0 Å². The summed E-state index contributed by atoms with van der Waals surface area (Å²) in [4.78, 5) is 9.50. The van der Waals surface area contributed by atoms with Gasteiger partial charge in [-0.2, -0.15) is 0 Å². The fraction of sp³-hybridized carbons (Fsp3) is 0.130. The third-order valence-electron chi connectivity index (χ3n) is 4.27. The van der Waals surface area contributed by atoms with Crippen molar-refractivity contribution in [3.63, 3.8) is 0 Å². The highest BCUT2D eigenvalue weighted by atomic mass is 35.5. The van der Waals surface area contributed by atoms with Crippen LogP contribution in [0.5, 0.6) is 5.75 Å². The molecule has 1 aromatic heterocycles. The molecule has 0 saturated carbocycles. The summed E-state index contributed by atoms with van der Waals surface area (Å²) in [6.07, 6.45) is 0.125. The van der Waals surface area contributed by atoms with E-state index in [-0.39, 0.29) is 6.10 Å². The molecular formula is C23H19Cl2N3O. The molecule has 0 amide bonds. The third-order valence-corrected chi connectivity index (χ3v) is 5.01. The van der Waals surface area contributed by atoms with Crippen molar-refractivity contribution in [1.29, 1.82) is 0 Å². The van der Waals surface area contributed by atoms with E-state index in [1.54, 1.807) is 12.1 Å². The van der Waals surface area contributed by atoms with Gasteiger partial charge in [-0.3, -0.25) is 0 Å². The molecule has 6 heteroatoms. The zero-order chi connectivity index (χ0) is 20.4. The van der Waals surface area contributed by atoms with Gasteiger partial charge in [-0.05, 0) is 68.4 Å². The number of para-hydroxylation sites is 1. The number of nitrogens with zero attached hydrogens (tertiary/aromatic N) is 2. The molecule has 0 aliphatic rings. The molecule has 0 saturated heterocycles. The van der Waals surface area contributed by atoms with Gasteiger partial charge in [0.1, 0.15) is 11.6 Å². The minimum absolute atomic E-state index is 0.125. The van der Waals surface area contributed by atoms with Gasteiger partial charge in [-0.15, -0.1) is 0 Å². The fourth-order valence-electron chi connectivity index (χ4n) is 2.97. The van der Waals surface area contributed by atoms with Gasteiger partial charge in [0, 0.05) is 16.6 Å². The Labute approximate surface area is 179 Å². The summed E-state index contributed by atoms with van der Waals surface area (Å²) in [5.74, 6) is 2.15. The van der Waals surface area contributed by atoms with Crippen LogP contribution in [0.1, 0.15) is 13.8 Å². The van der Waals surface area contributed by atoms with Crippen molar-refractivity contribution in [3.05, 3.63) is 76.8 Å². The average molecular weight is 424 g/mol. The first kappa shape index (κ1) is 19.5. The van der Waals surface area contributed by atoms with E-state index >= 15 is 0 Å². The third kappa shape index (κ3) is 4.44. The summed E-state index contributed by atoms with van der Waals surface area (Å²) >= 11 is 12.2. The number of benzene rings is 3. The molecule has 0 unspecified atom stereocenters. The lowest BCUT2D eigenvalue weighted by Gasteiger charge is -2.13. The number of nitrogens with one attached hydrogen (secondary N) is 1. The highest BCUT2D eigenvalue weighted by Gasteiger charge is 2.11. The smallest absolute Gasteiger partial charge is 0.162 e. The Balaban J connectivity index is 1.75. The zero-order valence-corrected chi connectivity index (χ0v) is 17.5. The molecule has 146 valence electrons. The van der Waals surface area contributed by atoms with Crippen LogP contribution in [0.25, 0.3) is 22.3 Å². The van der Waals surface area contributed by atoms with Gasteiger partial charge in [0.15, 0.2) is 5.82 Å². The molecular weight excluding hydrogens is 405 g/mol. The summed E-state index contributed by atoms with van der Waals surface area (Å²) in [6.45, 7) is 4.00. The first-order valence-electron chi connectivity index (χ1n) is 9.25. The van der Waals surface area contributed by atoms with E-state index in [2.05, 4.69) is 5.32 Å². The topological polar surface area (TPSA) is 47.0 Å². The quantitative estimate of drug-likeness (QED) is 0.370. The summed E-state index contributed by atoms with van der Waals surface area (Å²) in [5, 5.41) is 5.25. The first-order chi connectivity index (χ1) is 14.0. The molecule has 4 aromatic rings. The van der Waals surface area contributed by atoms with Crippen molar-refractivity contribution >= 4 is 45.6 Å². The summed E-state index contributed by atoms with van der Waals surface area (Å²) < 4.78 is 5.72. The Bertz CT molecular complexity index is 1160. The van der Waals surface area contributed by atoms with Crippen molar-refractivity contribution in [2.45, 2.75) is 20.0 Å². The SMILES string of the molecule is CC(C)Oc1ccc(-c2nc(Nc3ccc(Cl)c(Cl)c3)c3ccccc3n2)cc1. The predicted octanol–water partition coefficient (Wildman–Crippen LogP) is 7.13. The molecule has 4 nitrogen and oxygen atoms in total. The van der Waals surface area contributed by atoms with E-state index in [9.17, 15) is 0 Å². The largest absolute Gasteiger partial charge is 0.491 e. The number of ether oxygens (including phenoxy) is 1. The minimum Gasteiger partial charge on any atom is -0.491 e. The van der Waals surface area contributed by atoms with Crippen LogP contribution >= 0.6 is 23.2 Å². The highest BCUT2D eigenvalue weighted by Crippen LogP contribution is 2.31. The lowest BCUT2D eigenvalue weighted by Crippen LogP contribution is -2.05. The maximum atomic E-state index is 6.16. The van der Waals surface area contributed by atoms with Crippen LogP contribution in [0, 0.1) is 0 Å². The van der Waals surface area contributed by atoms with Gasteiger partial charge in [0.2, 0.25) is 0 Å². The number of hydrogen-bond acceptors (Lipinski definition) is 4. The molecule has 4 rings (SSSR count). The van der Waals surface area contributed by atoms with Crippen LogP contribution in [0.2, 0.25) is 10.0 Å². The molecule has 0 aliphatic heterocycles. The maximum Gasteiger partial charge on any atom is 0.162 e. The molecule has 29 heavy (non-hydrogen) atoms. The average Bonchev–Trinajstić information content (AvgIpc) is 2.71. The summed E-state index contributed by atoms with van der Waals surface area (Å²) in [5.41, 5.74) is 2.56. The number of aromatic nitrogens is 2. The Hall–Kier alpha value is -2.82. The number of halogens is 2. The van der Waals surface area contributed by atoms with Crippen LogP contribution in [0.15, 0.2) is 66.7 Å². The molecule has 0 fully saturated rings. The molecule has 0 radical (unpaired) electrons. The van der Waals surface area contributed by atoms with E-state index in [0.717, 1.165) is 27.9 Å². The molecule has 1 heterocycles. The minimum atomic E-state index is 0.125. The van der Waals surface area contributed by atoms with Gasteiger partial charge in [-0.25, -0.2) is 9.97 Å². The Morgan fingerprint density at radius 1 is 0.862 bits per heavy atom. The molecule has 0 atom stereocenters. The Morgan fingerprint density at radius 2 is 1.62 bits per heavy atom. The lowest BCUT2D eigenvalue weighted by atomic mass is 10.1. The lowest BCUT2D eigenvalue weighted by molar-refractivity contribution is 0.242. The van der Waals surface area contributed by atoms with Crippen molar-refractivity contribution in [2.75, 3.05) is 5.32 Å². The Kier molecular flexibility index (Phi) is 5.56. The van der Waals surface area contributed by atoms with E-state index in [1.165, 1.54) is 0 Å². The van der Waals surface area contributed by atoms with E-state index in [4.69, 9.17) is 37.9 Å². The van der Waals surface area contributed by atoms with Crippen LogP contribution in [0.3, 0.4) is 0 Å². The number of anilines is 2. The normalized spacial score (nSPS) is 11.1. The Morgan fingerprint density at radius 3 is 2.34 bits per heavy atom. The molecule has 0 bridgehead atoms. The van der Waals surface area contributed by atoms with Crippen LogP contribution in [-0.4, -0.2) is 16.1 Å². The van der Waals surface area contributed by atoms with Gasteiger partial charge in [0.05, 0.1) is 21.7 Å². The monoisotopic (exact) mass is 423 g/mol. The zero-order valence-electron chi connectivity index (χ0n) is 16.0. The van der Waals surface area contributed by atoms with Crippen molar-refractivity contribution in [1.82, 2.24) is 9.97 Å². The van der Waals surface area contributed by atoms with Gasteiger partial charge >= 0.3 is 0 Å². The summed E-state index contributed by atoms with van der Waals surface area (Å²) in [7, 11) is 0. The first-order valence-corrected chi connectivity index (χ1v) is 10.0. The van der Waals surface area contributed by atoms with Crippen molar-refractivity contribution < 1.29 is 4.74 Å². The number of fused-ring (bicyclic) bond motifs is 1.